The van der Waals surface area contributed by atoms with Gasteiger partial charge in [-0.15, -0.1) is 0 Å². The zero-order chi connectivity index (χ0) is 10.3. The number of aromatic carboxylic acids is 1. The molecule has 0 radical (unpaired) electrons. The number of hydrogen-bond donors (Lipinski definition) is 1. The fourth-order valence-corrected chi connectivity index (χ4v) is 2.49. The van der Waals surface area contributed by atoms with E-state index < -0.39 is 15.8 Å². The van der Waals surface area contributed by atoms with Crippen molar-refractivity contribution in [2.75, 3.05) is 0 Å². The van der Waals surface area contributed by atoms with Crippen molar-refractivity contribution in [2.45, 2.75) is 4.90 Å². The highest BCUT2D eigenvalue weighted by molar-refractivity contribution is 7.94. The van der Waals surface area contributed by atoms with E-state index in [4.69, 9.17) is 5.11 Å². The monoisotopic (exact) mass is 210 g/mol. The Bertz CT molecular complexity index is 540. The SMILES string of the molecule is O=C(O)c1ccc2c(c1)C=CS2(=O)=O. The molecule has 0 atom stereocenters. The molecule has 0 saturated carbocycles. The maximum absolute atomic E-state index is 11.3. The summed E-state index contributed by atoms with van der Waals surface area (Å²) < 4.78 is 22.6. The van der Waals surface area contributed by atoms with E-state index in [9.17, 15) is 13.2 Å². The van der Waals surface area contributed by atoms with Crippen molar-refractivity contribution in [1.82, 2.24) is 0 Å². The van der Waals surface area contributed by atoms with Crippen LogP contribution >= 0.6 is 0 Å². The third kappa shape index (κ3) is 1.22. The van der Waals surface area contributed by atoms with Crippen LogP contribution in [0.15, 0.2) is 28.5 Å². The summed E-state index contributed by atoms with van der Waals surface area (Å²) in [6, 6.07) is 3.94. The first kappa shape index (κ1) is 8.96. The molecule has 0 fully saturated rings. The van der Waals surface area contributed by atoms with E-state index in [0.717, 1.165) is 5.41 Å². The minimum absolute atomic E-state index is 0.0884. The lowest BCUT2D eigenvalue weighted by atomic mass is 10.1. The number of carboxylic acid groups (broad SMARTS) is 1. The Morgan fingerprint density at radius 2 is 2.00 bits per heavy atom. The molecule has 0 amide bonds. The molecule has 14 heavy (non-hydrogen) atoms. The number of benzene rings is 1. The lowest BCUT2D eigenvalue weighted by molar-refractivity contribution is 0.0696. The zero-order valence-electron chi connectivity index (χ0n) is 6.97. The second-order valence-corrected chi connectivity index (χ2v) is 4.71. The van der Waals surface area contributed by atoms with Crippen molar-refractivity contribution in [1.29, 1.82) is 0 Å². The predicted octanol–water partition coefficient (Wildman–Crippen LogP) is 1.14. The molecule has 0 saturated heterocycles. The first-order chi connectivity index (χ1) is 6.50. The summed E-state index contributed by atoms with van der Waals surface area (Å²) >= 11 is 0. The number of sulfone groups is 1. The fraction of sp³-hybridized carbons (Fsp3) is 0. The number of fused-ring (bicyclic) bond motifs is 1. The second-order valence-electron chi connectivity index (χ2n) is 2.91. The van der Waals surface area contributed by atoms with Gasteiger partial charge in [0.05, 0.1) is 10.5 Å². The molecule has 1 heterocycles. The maximum Gasteiger partial charge on any atom is 0.335 e. The zero-order valence-corrected chi connectivity index (χ0v) is 7.78. The highest BCUT2D eigenvalue weighted by Gasteiger charge is 2.21. The number of carboxylic acids is 1. The average molecular weight is 210 g/mol. The molecule has 1 aliphatic heterocycles. The molecule has 1 aromatic rings. The van der Waals surface area contributed by atoms with Gasteiger partial charge in [-0.25, -0.2) is 13.2 Å². The van der Waals surface area contributed by atoms with E-state index in [-0.39, 0.29) is 10.5 Å². The molecular formula is C9H6O4S. The fourth-order valence-electron chi connectivity index (χ4n) is 1.31. The van der Waals surface area contributed by atoms with Gasteiger partial charge in [-0.05, 0) is 29.8 Å². The van der Waals surface area contributed by atoms with Gasteiger partial charge in [0.15, 0.2) is 9.84 Å². The van der Waals surface area contributed by atoms with E-state index in [2.05, 4.69) is 0 Å². The lowest BCUT2D eigenvalue weighted by Crippen LogP contribution is -1.99. The van der Waals surface area contributed by atoms with Crippen LogP contribution in [-0.2, 0) is 9.84 Å². The van der Waals surface area contributed by atoms with Gasteiger partial charge in [0.25, 0.3) is 0 Å². The highest BCUT2D eigenvalue weighted by Crippen LogP contribution is 2.27. The maximum atomic E-state index is 11.3. The Hall–Kier alpha value is -1.62. The van der Waals surface area contributed by atoms with Crippen LogP contribution in [-0.4, -0.2) is 19.5 Å². The van der Waals surface area contributed by atoms with Gasteiger partial charge in [-0.1, -0.05) is 0 Å². The largest absolute Gasteiger partial charge is 0.478 e. The number of rotatable bonds is 1. The highest BCUT2D eigenvalue weighted by atomic mass is 32.2. The summed E-state index contributed by atoms with van der Waals surface area (Å²) in [7, 11) is -3.32. The molecule has 1 N–H and O–H groups in total. The van der Waals surface area contributed by atoms with Crippen LogP contribution in [0, 0.1) is 0 Å². The smallest absolute Gasteiger partial charge is 0.335 e. The van der Waals surface area contributed by atoms with Crippen LogP contribution in [0.3, 0.4) is 0 Å². The molecule has 0 spiro atoms. The van der Waals surface area contributed by atoms with Crippen LogP contribution in [0.1, 0.15) is 15.9 Å². The summed E-state index contributed by atoms with van der Waals surface area (Å²) in [5.41, 5.74) is 0.524. The Morgan fingerprint density at radius 1 is 1.29 bits per heavy atom. The van der Waals surface area contributed by atoms with Crippen molar-refractivity contribution < 1.29 is 18.3 Å². The van der Waals surface area contributed by atoms with Crippen LogP contribution in [0.4, 0.5) is 0 Å². The summed E-state index contributed by atoms with van der Waals surface area (Å²) in [6.45, 7) is 0. The third-order valence-electron chi connectivity index (χ3n) is 1.99. The van der Waals surface area contributed by atoms with E-state index >= 15 is 0 Å². The van der Waals surface area contributed by atoms with Gasteiger partial charge in [0, 0.05) is 5.41 Å². The van der Waals surface area contributed by atoms with Crippen LogP contribution in [0.5, 0.6) is 0 Å². The Labute approximate surface area is 80.4 Å². The van der Waals surface area contributed by atoms with Gasteiger partial charge < -0.3 is 5.11 Å². The second kappa shape index (κ2) is 2.68. The van der Waals surface area contributed by atoms with Crippen LogP contribution in [0.25, 0.3) is 6.08 Å². The molecule has 5 heteroatoms. The third-order valence-corrected chi connectivity index (χ3v) is 3.47. The molecule has 4 nitrogen and oxygen atoms in total. The van der Waals surface area contributed by atoms with Crippen molar-refractivity contribution in [2.24, 2.45) is 0 Å². The molecule has 0 unspecified atom stereocenters. The standard InChI is InChI=1S/C9H6O4S/c10-9(11)7-1-2-8-6(5-7)3-4-14(8,12)13/h1-5H,(H,10,11). The van der Waals surface area contributed by atoms with Crippen molar-refractivity contribution in [3.8, 4) is 0 Å². The molecular weight excluding hydrogens is 204 g/mol. The average Bonchev–Trinajstić information content (AvgIpc) is 2.42. The normalized spacial score (nSPS) is 16.6. The van der Waals surface area contributed by atoms with E-state index in [1.165, 1.54) is 24.3 Å². The molecule has 0 bridgehead atoms. The molecule has 1 aromatic carbocycles. The first-order valence-electron chi connectivity index (χ1n) is 3.81. The lowest BCUT2D eigenvalue weighted by Gasteiger charge is -1.99. The van der Waals surface area contributed by atoms with Gasteiger partial charge >= 0.3 is 5.97 Å². The molecule has 0 aliphatic carbocycles. The van der Waals surface area contributed by atoms with E-state index in [1.54, 1.807) is 0 Å². The van der Waals surface area contributed by atoms with E-state index in [1.807, 2.05) is 0 Å². The van der Waals surface area contributed by atoms with Gasteiger partial charge in [0.1, 0.15) is 0 Å². The molecule has 1 aliphatic rings. The van der Waals surface area contributed by atoms with Gasteiger partial charge in [-0.3, -0.25) is 0 Å². The quantitative estimate of drug-likeness (QED) is 0.754. The Morgan fingerprint density at radius 3 is 2.64 bits per heavy atom. The van der Waals surface area contributed by atoms with Crippen molar-refractivity contribution in [3.05, 3.63) is 34.7 Å². The topological polar surface area (TPSA) is 71.4 Å². The van der Waals surface area contributed by atoms with Gasteiger partial charge in [-0.2, -0.15) is 0 Å². The summed E-state index contributed by atoms with van der Waals surface area (Å²) in [4.78, 5) is 10.8. The van der Waals surface area contributed by atoms with Crippen LogP contribution < -0.4 is 0 Å². The number of hydrogen-bond acceptors (Lipinski definition) is 3. The summed E-state index contributed by atoms with van der Waals surface area (Å²) in [5, 5.41) is 9.75. The molecule has 2 rings (SSSR count). The summed E-state index contributed by atoms with van der Waals surface area (Å²) in [5.74, 6) is -1.06. The minimum atomic E-state index is -3.32. The first-order valence-corrected chi connectivity index (χ1v) is 5.36. The summed E-state index contributed by atoms with van der Waals surface area (Å²) in [6.07, 6.45) is 1.40. The van der Waals surface area contributed by atoms with Crippen molar-refractivity contribution in [3.63, 3.8) is 0 Å². The molecule has 72 valence electrons. The van der Waals surface area contributed by atoms with Crippen LogP contribution in [0.2, 0.25) is 0 Å². The minimum Gasteiger partial charge on any atom is -0.478 e. The molecule has 0 aromatic heterocycles. The van der Waals surface area contributed by atoms with Crippen molar-refractivity contribution >= 4 is 21.9 Å². The number of carbonyl (C=O) groups is 1. The Balaban J connectivity index is 2.66. The van der Waals surface area contributed by atoms with E-state index in [0.29, 0.717) is 5.56 Å². The predicted molar refractivity (Wildman–Crippen MR) is 49.6 cm³/mol. The Kier molecular flexibility index (Phi) is 1.72. The van der Waals surface area contributed by atoms with Gasteiger partial charge in [0.2, 0.25) is 0 Å².